The Morgan fingerprint density at radius 2 is 2.00 bits per heavy atom. The van der Waals surface area contributed by atoms with Gasteiger partial charge in [0, 0.05) is 18.5 Å². The van der Waals surface area contributed by atoms with Gasteiger partial charge in [0.25, 0.3) is 0 Å². The highest BCUT2D eigenvalue weighted by molar-refractivity contribution is 5.00. The van der Waals surface area contributed by atoms with Crippen LogP contribution in [0.5, 0.6) is 0 Å². The molecule has 1 aromatic rings. The number of nitrogens with zero attached hydrogens (tertiary/aromatic N) is 4. The standard InChI is InChI=1S/C16H29N5O/c1-3-20-15(13-7-9-17-10-8-13)18-21(16(20)22)12-14-6-4-5-11-19(14)2/h13-14,17H,3-12H2,1-2H3. The molecule has 3 rings (SSSR count). The van der Waals surface area contributed by atoms with Crippen LogP contribution in [0.3, 0.4) is 0 Å². The number of hydrogen-bond donors (Lipinski definition) is 1. The minimum absolute atomic E-state index is 0.0787. The van der Waals surface area contributed by atoms with Gasteiger partial charge >= 0.3 is 5.69 Å². The molecule has 1 unspecified atom stereocenters. The van der Waals surface area contributed by atoms with Gasteiger partial charge in [-0.15, -0.1) is 0 Å². The summed E-state index contributed by atoms with van der Waals surface area (Å²) in [4.78, 5) is 15.1. The summed E-state index contributed by atoms with van der Waals surface area (Å²) in [6.45, 7) is 6.69. The third-order valence-electron chi connectivity index (χ3n) is 5.28. The molecule has 3 heterocycles. The second-order valence-corrected chi connectivity index (χ2v) is 6.72. The SMILES string of the molecule is CCn1c(C2CCNCC2)nn(CC2CCCCN2C)c1=O. The van der Waals surface area contributed by atoms with Crippen LogP contribution in [0.1, 0.15) is 50.8 Å². The Hall–Kier alpha value is -1.14. The van der Waals surface area contributed by atoms with Crippen molar-refractivity contribution >= 4 is 0 Å². The zero-order valence-corrected chi connectivity index (χ0v) is 13.9. The van der Waals surface area contributed by atoms with Crippen molar-refractivity contribution in [2.75, 3.05) is 26.7 Å². The fourth-order valence-electron chi connectivity index (χ4n) is 3.83. The molecular formula is C16H29N5O. The predicted octanol–water partition coefficient (Wildman–Crippen LogP) is 1.02. The van der Waals surface area contributed by atoms with E-state index in [1.165, 1.54) is 19.3 Å². The van der Waals surface area contributed by atoms with Gasteiger partial charge in [0.2, 0.25) is 0 Å². The van der Waals surface area contributed by atoms with Crippen LogP contribution < -0.4 is 11.0 Å². The van der Waals surface area contributed by atoms with E-state index in [1.54, 1.807) is 4.68 Å². The Morgan fingerprint density at radius 3 is 2.68 bits per heavy atom. The van der Waals surface area contributed by atoms with Crippen LogP contribution in [0.4, 0.5) is 0 Å². The van der Waals surface area contributed by atoms with Crippen LogP contribution in [0, 0.1) is 0 Å². The third-order valence-corrected chi connectivity index (χ3v) is 5.28. The molecule has 0 radical (unpaired) electrons. The average Bonchev–Trinajstić information content (AvgIpc) is 2.86. The van der Waals surface area contributed by atoms with Gasteiger partial charge in [-0.3, -0.25) is 4.57 Å². The van der Waals surface area contributed by atoms with Gasteiger partial charge in [-0.25, -0.2) is 9.48 Å². The molecule has 1 aromatic heterocycles. The quantitative estimate of drug-likeness (QED) is 0.902. The van der Waals surface area contributed by atoms with Crippen LogP contribution in [-0.2, 0) is 13.1 Å². The largest absolute Gasteiger partial charge is 0.345 e. The van der Waals surface area contributed by atoms with E-state index in [0.717, 1.165) is 51.4 Å². The Bertz CT molecular complexity index is 543. The fourth-order valence-corrected chi connectivity index (χ4v) is 3.83. The van der Waals surface area contributed by atoms with Crippen molar-refractivity contribution in [3.8, 4) is 0 Å². The highest BCUT2D eigenvalue weighted by Gasteiger charge is 2.25. The topological polar surface area (TPSA) is 55.1 Å². The van der Waals surface area contributed by atoms with E-state index >= 15 is 0 Å². The molecule has 2 saturated heterocycles. The summed E-state index contributed by atoms with van der Waals surface area (Å²) in [6.07, 6.45) is 5.87. The van der Waals surface area contributed by atoms with Crippen LogP contribution in [0.2, 0.25) is 0 Å². The summed E-state index contributed by atoms with van der Waals surface area (Å²) < 4.78 is 3.62. The lowest BCUT2D eigenvalue weighted by Gasteiger charge is -2.31. The summed E-state index contributed by atoms with van der Waals surface area (Å²) in [6, 6.07) is 0.451. The van der Waals surface area contributed by atoms with Crippen LogP contribution in [0.25, 0.3) is 0 Å². The lowest BCUT2D eigenvalue weighted by Crippen LogP contribution is -2.41. The lowest BCUT2D eigenvalue weighted by molar-refractivity contribution is 0.161. The molecule has 0 amide bonds. The Morgan fingerprint density at radius 1 is 1.23 bits per heavy atom. The van der Waals surface area contributed by atoms with Crippen molar-refractivity contribution in [1.82, 2.24) is 24.6 Å². The van der Waals surface area contributed by atoms with Gasteiger partial charge < -0.3 is 10.2 Å². The molecule has 1 atom stereocenters. The molecule has 2 aliphatic rings. The number of hydrogen-bond acceptors (Lipinski definition) is 4. The zero-order valence-electron chi connectivity index (χ0n) is 13.9. The summed E-state index contributed by atoms with van der Waals surface area (Å²) >= 11 is 0. The molecule has 2 aliphatic heterocycles. The number of piperidine rings is 2. The highest BCUT2D eigenvalue weighted by atomic mass is 16.2. The van der Waals surface area contributed by atoms with E-state index < -0.39 is 0 Å². The van der Waals surface area contributed by atoms with E-state index in [9.17, 15) is 4.79 Å². The van der Waals surface area contributed by atoms with Crippen molar-refractivity contribution in [1.29, 1.82) is 0 Å². The first-order chi connectivity index (χ1) is 10.7. The number of nitrogens with one attached hydrogen (secondary N) is 1. The van der Waals surface area contributed by atoms with E-state index in [2.05, 4.69) is 17.3 Å². The molecule has 22 heavy (non-hydrogen) atoms. The monoisotopic (exact) mass is 307 g/mol. The van der Waals surface area contributed by atoms with E-state index in [-0.39, 0.29) is 5.69 Å². The molecule has 6 nitrogen and oxygen atoms in total. The molecule has 0 bridgehead atoms. The van der Waals surface area contributed by atoms with Gasteiger partial charge in [-0.2, -0.15) is 5.10 Å². The normalized spacial score (nSPS) is 24.7. The maximum Gasteiger partial charge on any atom is 0.345 e. The van der Waals surface area contributed by atoms with Crippen LogP contribution >= 0.6 is 0 Å². The van der Waals surface area contributed by atoms with E-state index in [4.69, 9.17) is 5.10 Å². The summed E-state index contributed by atoms with van der Waals surface area (Å²) in [7, 11) is 2.17. The number of aromatic nitrogens is 3. The molecule has 0 aromatic carbocycles. The molecule has 6 heteroatoms. The predicted molar refractivity (Wildman–Crippen MR) is 87.3 cm³/mol. The molecule has 2 fully saturated rings. The second-order valence-electron chi connectivity index (χ2n) is 6.72. The number of rotatable bonds is 4. The Labute approximate surface area is 132 Å². The number of likely N-dealkylation sites (N-methyl/N-ethyl adjacent to an activating group) is 1. The molecule has 0 aliphatic carbocycles. The first-order valence-electron chi connectivity index (χ1n) is 8.79. The first kappa shape index (κ1) is 15.7. The molecule has 124 valence electrons. The van der Waals surface area contributed by atoms with Crippen molar-refractivity contribution in [3.05, 3.63) is 16.3 Å². The summed E-state index contributed by atoms with van der Waals surface area (Å²) in [5.74, 6) is 1.44. The van der Waals surface area contributed by atoms with Crippen molar-refractivity contribution < 1.29 is 0 Å². The van der Waals surface area contributed by atoms with E-state index in [0.29, 0.717) is 12.0 Å². The van der Waals surface area contributed by atoms with Crippen LogP contribution in [-0.4, -0.2) is 52.0 Å². The highest BCUT2D eigenvalue weighted by Crippen LogP contribution is 2.23. The first-order valence-corrected chi connectivity index (χ1v) is 8.79. The van der Waals surface area contributed by atoms with E-state index in [1.807, 2.05) is 11.5 Å². The van der Waals surface area contributed by atoms with Gasteiger partial charge in [0.1, 0.15) is 5.82 Å². The van der Waals surface area contributed by atoms with Crippen molar-refractivity contribution in [3.63, 3.8) is 0 Å². The van der Waals surface area contributed by atoms with Gasteiger partial charge in [0.05, 0.1) is 6.54 Å². The summed E-state index contributed by atoms with van der Waals surface area (Å²) in [5.41, 5.74) is 0.0787. The number of likely N-dealkylation sites (tertiary alicyclic amines) is 1. The van der Waals surface area contributed by atoms with Crippen molar-refractivity contribution in [2.45, 2.75) is 64.1 Å². The van der Waals surface area contributed by atoms with Gasteiger partial charge in [0.15, 0.2) is 0 Å². The minimum Gasteiger partial charge on any atom is -0.317 e. The zero-order chi connectivity index (χ0) is 15.5. The van der Waals surface area contributed by atoms with Crippen LogP contribution in [0.15, 0.2) is 4.79 Å². The average molecular weight is 307 g/mol. The maximum absolute atomic E-state index is 12.7. The Balaban J connectivity index is 1.82. The molecule has 1 N–H and O–H groups in total. The lowest BCUT2D eigenvalue weighted by atomic mass is 9.97. The molecule has 0 saturated carbocycles. The summed E-state index contributed by atoms with van der Waals surface area (Å²) in [5, 5.41) is 8.13. The molecule has 0 spiro atoms. The maximum atomic E-state index is 12.7. The Kier molecular flexibility index (Phi) is 4.98. The van der Waals surface area contributed by atoms with Gasteiger partial charge in [-0.1, -0.05) is 6.42 Å². The third kappa shape index (κ3) is 3.13. The van der Waals surface area contributed by atoms with Gasteiger partial charge in [-0.05, 0) is 59.3 Å². The van der Waals surface area contributed by atoms with Crippen molar-refractivity contribution in [2.24, 2.45) is 0 Å². The second kappa shape index (κ2) is 6.96. The molecular weight excluding hydrogens is 278 g/mol. The minimum atomic E-state index is 0.0787. The smallest absolute Gasteiger partial charge is 0.317 e. The fraction of sp³-hybridized carbons (Fsp3) is 0.875.